The second kappa shape index (κ2) is 6.76. The number of fused-ring (bicyclic) bond motifs is 1. The average Bonchev–Trinajstić information content (AvgIpc) is 3.08. The molecule has 0 aliphatic heterocycles. The molecule has 0 amide bonds. The Hall–Kier alpha value is -2.53. The fraction of sp³-hybridized carbons (Fsp3) is 0.250. The van der Waals surface area contributed by atoms with Gasteiger partial charge in [-0.1, -0.05) is 24.3 Å². The summed E-state index contributed by atoms with van der Waals surface area (Å²) in [5.41, 5.74) is 4.53. The lowest BCUT2D eigenvalue weighted by Crippen LogP contribution is -2.24. The average molecular weight is 339 g/mol. The van der Waals surface area contributed by atoms with Crippen LogP contribution in [-0.4, -0.2) is 10.2 Å². The summed E-state index contributed by atoms with van der Waals surface area (Å²) in [6, 6.07) is 12.4. The summed E-state index contributed by atoms with van der Waals surface area (Å²) >= 11 is 0. The third-order valence-corrected chi connectivity index (χ3v) is 4.83. The zero-order valence-corrected chi connectivity index (χ0v) is 13.7. The van der Waals surface area contributed by atoms with Crippen LogP contribution in [0.4, 0.5) is 8.78 Å². The van der Waals surface area contributed by atoms with Crippen molar-refractivity contribution in [3.8, 4) is 11.3 Å². The topological polar surface area (TPSA) is 40.7 Å². The quantitative estimate of drug-likeness (QED) is 0.733. The van der Waals surface area contributed by atoms with Crippen molar-refractivity contribution in [3.63, 3.8) is 0 Å². The third kappa shape index (κ3) is 3.20. The molecule has 5 heteroatoms. The summed E-state index contributed by atoms with van der Waals surface area (Å²) in [7, 11) is 0. The molecular formula is C20H19F2N3. The Bertz CT molecular complexity index is 888. The molecule has 3 aromatic rings. The molecule has 4 rings (SSSR count). The van der Waals surface area contributed by atoms with E-state index < -0.39 is 11.6 Å². The molecule has 1 heterocycles. The predicted molar refractivity (Wildman–Crippen MR) is 92.9 cm³/mol. The molecule has 128 valence electrons. The normalized spacial score (nSPS) is 16.6. The Labute approximate surface area is 145 Å². The van der Waals surface area contributed by atoms with E-state index in [4.69, 9.17) is 0 Å². The number of hydrogen-bond acceptors (Lipinski definition) is 2. The summed E-state index contributed by atoms with van der Waals surface area (Å²) < 4.78 is 27.2. The fourth-order valence-electron chi connectivity index (χ4n) is 3.57. The van der Waals surface area contributed by atoms with E-state index in [9.17, 15) is 8.78 Å². The van der Waals surface area contributed by atoms with Crippen LogP contribution < -0.4 is 5.32 Å². The first-order chi connectivity index (χ1) is 12.2. The largest absolute Gasteiger partial charge is 0.306 e. The van der Waals surface area contributed by atoms with Gasteiger partial charge in [0.25, 0.3) is 0 Å². The van der Waals surface area contributed by atoms with Crippen LogP contribution >= 0.6 is 0 Å². The second-order valence-electron chi connectivity index (χ2n) is 6.42. The van der Waals surface area contributed by atoms with Crippen molar-refractivity contribution < 1.29 is 8.78 Å². The van der Waals surface area contributed by atoms with Crippen LogP contribution in [0, 0.1) is 11.6 Å². The van der Waals surface area contributed by atoms with Gasteiger partial charge in [-0.25, -0.2) is 8.78 Å². The lowest BCUT2D eigenvalue weighted by atomic mass is 9.87. The Morgan fingerprint density at radius 3 is 2.92 bits per heavy atom. The first-order valence-electron chi connectivity index (χ1n) is 8.51. The Kier molecular flexibility index (Phi) is 4.32. The number of nitrogens with zero attached hydrogens (tertiary/aromatic N) is 1. The smallest absolute Gasteiger partial charge is 0.135 e. The van der Waals surface area contributed by atoms with Gasteiger partial charge >= 0.3 is 0 Å². The Balaban J connectivity index is 1.55. The minimum absolute atomic E-state index is 0.283. The molecule has 3 nitrogen and oxygen atoms in total. The number of aromatic amines is 1. The highest BCUT2D eigenvalue weighted by atomic mass is 19.1. The van der Waals surface area contributed by atoms with Gasteiger partial charge in [0.1, 0.15) is 11.6 Å². The van der Waals surface area contributed by atoms with Crippen LogP contribution in [0.25, 0.3) is 11.3 Å². The van der Waals surface area contributed by atoms with Gasteiger partial charge in [0, 0.05) is 29.8 Å². The zero-order chi connectivity index (χ0) is 17.2. The van der Waals surface area contributed by atoms with E-state index in [1.165, 1.54) is 23.3 Å². The third-order valence-electron chi connectivity index (χ3n) is 4.83. The first-order valence-corrected chi connectivity index (χ1v) is 8.51. The molecule has 1 aliphatic rings. The lowest BCUT2D eigenvalue weighted by Gasteiger charge is -2.26. The minimum Gasteiger partial charge on any atom is -0.306 e. The maximum atomic E-state index is 14.1. The fourth-order valence-corrected chi connectivity index (χ4v) is 3.57. The van der Waals surface area contributed by atoms with Crippen molar-refractivity contribution in [2.45, 2.75) is 31.8 Å². The van der Waals surface area contributed by atoms with Gasteiger partial charge in [0.2, 0.25) is 0 Å². The molecule has 0 saturated heterocycles. The molecule has 1 atom stereocenters. The summed E-state index contributed by atoms with van der Waals surface area (Å²) in [5.74, 6) is -1.17. The van der Waals surface area contributed by atoms with Crippen molar-refractivity contribution in [2.24, 2.45) is 0 Å². The molecule has 1 unspecified atom stereocenters. The number of nitrogens with one attached hydrogen (secondary N) is 2. The van der Waals surface area contributed by atoms with Crippen LogP contribution in [0.2, 0.25) is 0 Å². The van der Waals surface area contributed by atoms with Gasteiger partial charge in [-0.3, -0.25) is 5.10 Å². The van der Waals surface area contributed by atoms with Crippen molar-refractivity contribution >= 4 is 0 Å². The van der Waals surface area contributed by atoms with E-state index in [0.29, 0.717) is 17.8 Å². The number of H-pyrrole nitrogens is 1. The number of benzene rings is 2. The van der Waals surface area contributed by atoms with Crippen molar-refractivity contribution in [3.05, 3.63) is 77.0 Å². The summed E-state index contributed by atoms with van der Waals surface area (Å²) in [6.45, 7) is 0.571. The van der Waals surface area contributed by atoms with Gasteiger partial charge in [0.15, 0.2) is 0 Å². The van der Waals surface area contributed by atoms with Crippen LogP contribution in [0.1, 0.15) is 35.6 Å². The first kappa shape index (κ1) is 16.0. The molecular weight excluding hydrogens is 320 g/mol. The van der Waals surface area contributed by atoms with E-state index in [-0.39, 0.29) is 6.04 Å². The summed E-state index contributed by atoms with van der Waals surface area (Å²) in [5, 5.41) is 10.4. The maximum absolute atomic E-state index is 14.1. The van der Waals surface area contributed by atoms with Gasteiger partial charge in [-0.15, -0.1) is 0 Å². The number of aryl methyl sites for hydroxylation is 1. The van der Waals surface area contributed by atoms with Crippen molar-refractivity contribution in [2.75, 3.05) is 0 Å². The van der Waals surface area contributed by atoms with Crippen molar-refractivity contribution in [1.29, 1.82) is 0 Å². The molecule has 0 saturated carbocycles. The highest BCUT2D eigenvalue weighted by Gasteiger charge is 2.20. The molecule has 2 N–H and O–H groups in total. The van der Waals surface area contributed by atoms with Crippen molar-refractivity contribution in [1.82, 2.24) is 15.5 Å². The number of hydrogen-bond donors (Lipinski definition) is 2. The molecule has 0 spiro atoms. The number of aromatic nitrogens is 2. The van der Waals surface area contributed by atoms with Crippen LogP contribution in [0.3, 0.4) is 0 Å². The van der Waals surface area contributed by atoms with E-state index in [1.54, 1.807) is 6.20 Å². The van der Waals surface area contributed by atoms with E-state index in [1.807, 2.05) is 0 Å². The van der Waals surface area contributed by atoms with Gasteiger partial charge in [-0.2, -0.15) is 5.10 Å². The summed E-state index contributed by atoms with van der Waals surface area (Å²) in [6.07, 6.45) is 5.04. The highest BCUT2D eigenvalue weighted by molar-refractivity contribution is 5.63. The monoisotopic (exact) mass is 339 g/mol. The number of halogens is 2. The van der Waals surface area contributed by atoms with Crippen LogP contribution in [0.15, 0.2) is 48.7 Å². The highest BCUT2D eigenvalue weighted by Crippen LogP contribution is 2.30. The van der Waals surface area contributed by atoms with Crippen LogP contribution in [-0.2, 0) is 13.0 Å². The van der Waals surface area contributed by atoms with E-state index in [2.05, 4.69) is 39.8 Å². The molecule has 2 aromatic carbocycles. The van der Waals surface area contributed by atoms with Gasteiger partial charge in [-0.05, 0) is 42.5 Å². The lowest BCUT2D eigenvalue weighted by molar-refractivity contribution is 0.459. The second-order valence-corrected chi connectivity index (χ2v) is 6.42. The molecule has 0 fully saturated rings. The van der Waals surface area contributed by atoms with Crippen LogP contribution in [0.5, 0.6) is 0 Å². The standard InChI is InChI=1S/C20H19F2N3/c21-15-8-9-17(18(22)10-15)20-14(12-24-25-20)11-23-19-7-3-5-13-4-1-2-6-16(13)19/h1-2,4,6,8-10,12,19,23H,3,5,7,11H2,(H,24,25). The maximum Gasteiger partial charge on any atom is 0.135 e. The Morgan fingerprint density at radius 2 is 2.04 bits per heavy atom. The molecule has 25 heavy (non-hydrogen) atoms. The molecule has 0 radical (unpaired) electrons. The summed E-state index contributed by atoms with van der Waals surface area (Å²) in [4.78, 5) is 0. The molecule has 0 bridgehead atoms. The Morgan fingerprint density at radius 1 is 1.16 bits per heavy atom. The predicted octanol–water partition coefficient (Wildman–Crippen LogP) is 4.52. The molecule has 1 aliphatic carbocycles. The van der Waals surface area contributed by atoms with E-state index >= 15 is 0 Å². The van der Waals surface area contributed by atoms with Gasteiger partial charge < -0.3 is 5.32 Å². The molecule has 1 aromatic heterocycles. The van der Waals surface area contributed by atoms with E-state index in [0.717, 1.165) is 30.9 Å². The zero-order valence-electron chi connectivity index (χ0n) is 13.7. The SMILES string of the molecule is Fc1ccc(-c2[nH]ncc2CNC2CCCc3ccccc32)c(F)c1. The van der Waals surface area contributed by atoms with Gasteiger partial charge in [0.05, 0.1) is 11.9 Å². The minimum atomic E-state index is -0.589. The number of rotatable bonds is 4.